The van der Waals surface area contributed by atoms with Crippen molar-refractivity contribution in [3.8, 4) is 0 Å². The summed E-state index contributed by atoms with van der Waals surface area (Å²) in [6.45, 7) is 1.87. The molecule has 96 valence electrons. The number of aryl methyl sites for hydroxylation is 1. The molecule has 0 amide bonds. The van der Waals surface area contributed by atoms with Gasteiger partial charge in [0.1, 0.15) is 11.6 Å². The van der Waals surface area contributed by atoms with Crippen molar-refractivity contribution < 1.29 is 8.78 Å². The van der Waals surface area contributed by atoms with Gasteiger partial charge < -0.3 is 0 Å². The van der Waals surface area contributed by atoms with Gasteiger partial charge in [-0.1, -0.05) is 17.7 Å². The summed E-state index contributed by atoms with van der Waals surface area (Å²) in [5, 5.41) is -0.479. The Labute approximate surface area is 118 Å². The van der Waals surface area contributed by atoms with Gasteiger partial charge in [-0.05, 0) is 37.1 Å². The molecule has 0 spiro atoms. The van der Waals surface area contributed by atoms with Crippen LogP contribution in [0.25, 0.3) is 0 Å². The lowest BCUT2D eigenvalue weighted by Crippen LogP contribution is -2.00. The molecule has 18 heavy (non-hydrogen) atoms. The fourth-order valence-electron chi connectivity index (χ4n) is 1.65. The number of thiophene rings is 1. The minimum atomic E-state index is -0.569. The number of halogens is 4. The van der Waals surface area contributed by atoms with E-state index >= 15 is 0 Å². The summed E-state index contributed by atoms with van der Waals surface area (Å²) in [6.07, 6.45) is 0.107. The van der Waals surface area contributed by atoms with Gasteiger partial charge in [0.15, 0.2) is 0 Å². The first kappa shape index (κ1) is 13.8. The summed E-state index contributed by atoms with van der Waals surface area (Å²) in [5.41, 5.74) is 0.941. The van der Waals surface area contributed by atoms with Gasteiger partial charge in [0.2, 0.25) is 0 Å². The normalized spacial score (nSPS) is 12.7. The average molecular weight is 307 g/mol. The van der Waals surface area contributed by atoms with Crippen LogP contribution in [0.4, 0.5) is 8.78 Å². The average Bonchev–Trinajstić information content (AvgIpc) is 2.64. The summed E-state index contributed by atoms with van der Waals surface area (Å²) in [6, 6.07) is 5.65. The molecule has 1 atom stereocenters. The number of rotatable bonds is 3. The van der Waals surface area contributed by atoms with Crippen LogP contribution in [0.3, 0.4) is 0 Å². The maximum Gasteiger partial charge on any atom is 0.129 e. The second-order valence-corrected chi connectivity index (χ2v) is 6.19. The van der Waals surface area contributed by atoms with E-state index in [1.165, 1.54) is 29.5 Å². The Morgan fingerprint density at radius 1 is 1.28 bits per heavy atom. The molecule has 0 saturated heterocycles. The van der Waals surface area contributed by atoms with Crippen molar-refractivity contribution in [2.75, 3.05) is 0 Å². The van der Waals surface area contributed by atoms with Gasteiger partial charge >= 0.3 is 0 Å². The van der Waals surface area contributed by atoms with Crippen LogP contribution in [-0.2, 0) is 6.42 Å². The maximum absolute atomic E-state index is 13.5. The molecule has 0 fully saturated rings. The van der Waals surface area contributed by atoms with E-state index in [1.54, 1.807) is 0 Å². The predicted molar refractivity (Wildman–Crippen MR) is 72.7 cm³/mol. The molecule has 0 aliphatic heterocycles. The minimum absolute atomic E-state index is 0.0136. The van der Waals surface area contributed by atoms with Gasteiger partial charge in [-0.2, -0.15) is 0 Å². The van der Waals surface area contributed by atoms with Crippen molar-refractivity contribution in [2.45, 2.75) is 18.7 Å². The molecule has 2 aromatic rings. The van der Waals surface area contributed by atoms with Crippen LogP contribution in [0, 0.1) is 18.6 Å². The lowest BCUT2D eigenvalue weighted by atomic mass is 10.1. The first-order valence-corrected chi connectivity index (χ1v) is 6.95. The summed E-state index contributed by atoms with van der Waals surface area (Å²) >= 11 is 13.5. The van der Waals surface area contributed by atoms with E-state index < -0.39 is 17.0 Å². The van der Waals surface area contributed by atoms with Crippen LogP contribution in [-0.4, -0.2) is 0 Å². The molecule has 1 aromatic carbocycles. The van der Waals surface area contributed by atoms with Crippen LogP contribution in [0.2, 0.25) is 4.34 Å². The standard InChI is InChI=1S/C13H10Cl2F2S/c1-7-5-12(18-13(7)15)9(14)6-8-10(16)3-2-4-11(8)17/h2-5,9H,6H2,1H3. The molecule has 0 radical (unpaired) electrons. The molecule has 0 nitrogen and oxygen atoms in total. The third-order valence-corrected chi connectivity index (χ3v) is 4.82. The summed E-state index contributed by atoms with van der Waals surface area (Å²) in [4.78, 5) is 0.821. The highest BCUT2D eigenvalue weighted by Crippen LogP contribution is 2.36. The van der Waals surface area contributed by atoms with Gasteiger partial charge in [0.25, 0.3) is 0 Å². The Morgan fingerprint density at radius 3 is 2.39 bits per heavy atom. The molecular formula is C13H10Cl2F2S. The van der Waals surface area contributed by atoms with E-state index in [0.717, 1.165) is 10.4 Å². The third-order valence-electron chi connectivity index (χ3n) is 2.63. The Morgan fingerprint density at radius 2 is 1.89 bits per heavy atom. The smallest absolute Gasteiger partial charge is 0.129 e. The molecule has 0 aliphatic rings. The van der Waals surface area contributed by atoms with Crippen molar-refractivity contribution in [3.05, 3.63) is 56.2 Å². The number of hydrogen-bond acceptors (Lipinski definition) is 1. The monoisotopic (exact) mass is 306 g/mol. The van der Waals surface area contributed by atoms with Gasteiger partial charge in [-0.25, -0.2) is 8.78 Å². The second-order valence-electron chi connectivity index (χ2n) is 3.98. The van der Waals surface area contributed by atoms with Crippen LogP contribution in [0.15, 0.2) is 24.3 Å². The van der Waals surface area contributed by atoms with Crippen molar-refractivity contribution in [3.63, 3.8) is 0 Å². The van der Waals surface area contributed by atoms with E-state index in [2.05, 4.69) is 0 Å². The number of benzene rings is 1. The minimum Gasteiger partial charge on any atom is -0.207 e. The van der Waals surface area contributed by atoms with Crippen LogP contribution in [0.1, 0.15) is 21.4 Å². The molecule has 0 aliphatic carbocycles. The Hall–Kier alpha value is -0.640. The van der Waals surface area contributed by atoms with Crippen molar-refractivity contribution in [1.29, 1.82) is 0 Å². The molecule has 1 heterocycles. The van der Waals surface area contributed by atoms with E-state index in [1.807, 2.05) is 13.0 Å². The van der Waals surface area contributed by atoms with Gasteiger partial charge in [-0.15, -0.1) is 22.9 Å². The molecule has 0 bridgehead atoms. The third kappa shape index (κ3) is 2.85. The summed E-state index contributed by atoms with van der Waals surface area (Å²) in [7, 11) is 0. The Kier molecular flexibility index (Phi) is 4.25. The Bertz CT molecular complexity index is 526. The molecular weight excluding hydrogens is 297 g/mol. The van der Waals surface area contributed by atoms with E-state index in [-0.39, 0.29) is 12.0 Å². The fraction of sp³-hybridized carbons (Fsp3) is 0.231. The summed E-state index contributed by atoms with van der Waals surface area (Å²) < 4.78 is 27.6. The molecule has 5 heteroatoms. The zero-order chi connectivity index (χ0) is 13.3. The van der Waals surface area contributed by atoms with Gasteiger partial charge in [0.05, 0.1) is 9.71 Å². The lowest BCUT2D eigenvalue weighted by Gasteiger charge is -2.09. The summed E-state index contributed by atoms with van der Waals surface area (Å²) in [5.74, 6) is -1.14. The van der Waals surface area contributed by atoms with Crippen molar-refractivity contribution in [2.24, 2.45) is 0 Å². The van der Waals surface area contributed by atoms with Gasteiger partial charge in [0, 0.05) is 10.4 Å². The zero-order valence-electron chi connectivity index (χ0n) is 9.51. The Balaban J connectivity index is 2.23. The van der Waals surface area contributed by atoms with Gasteiger partial charge in [-0.3, -0.25) is 0 Å². The quantitative estimate of drug-likeness (QED) is 0.656. The highest BCUT2D eigenvalue weighted by atomic mass is 35.5. The lowest BCUT2D eigenvalue weighted by molar-refractivity contribution is 0.553. The molecule has 2 rings (SSSR count). The highest BCUT2D eigenvalue weighted by Gasteiger charge is 2.18. The van der Waals surface area contributed by atoms with Crippen molar-refractivity contribution in [1.82, 2.24) is 0 Å². The van der Waals surface area contributed by atoms with E-state index in [9.17, 15) is 8.78 Å². The molecule has 1 unspecified atom stereocenters. The van der Waals surface area contributed by atoms with E-state index in [4.69, 9.17) is 23.2 Å². The second kappa shape index (κ2) is 5.55. The maximum atomic E-state index is 13.5. The highest BCUT2D eigenvalue weighted by molar-refractivity contribution is 7.16. The largest absolute Gasteiger partial charge is 0.207 e. The zero-order valence-corrected chi connectivity index (χ0v) is 11.8. The van der Waals surface area contributed by atoms with Crippen LogP contribution >= 0.6 is 34.5 Å². The number of hydrogen-bond donors (Lipinski definition) is 0. The number of alkyl halides is 1. The first-order chi connectivity index (χ1) is 8.49. The molecule has 0 saturated carbocycles. The van der Waals surface area contributed by atoms with Crippen LogP contribution in [0.5, 0.6) is 0 Å². The topological polar surface area (TPSA) is 0 Å². The first-order valence-electron chi connectivity index (χ1n) is 5.32. The predicted octanol–water partition coefficient (Wildman–Crippen LogP) is 5.51. The fourth-order valence-corrected chi connectivity index (χ4v) is 3.19. The van der Waals surface area contributed by atoms with E-state index in [0.29, 0.717) is 4.34 Å². The van der Waals surface area contributed by atoms with Crippen molar-refractivity contribution >= 4 is 34.5 Å². The SMILES string of the molecule is Cc1cc(C(Cl)Cc2c(F)cccc2F)sc1Cl. The molecule has 0 N–H and O–H groups in total. The molecule has 1 aromatic heterocycles. The van der Waals surface area contributed by atoms with Crippen LogP contribution < -0.4 is 0 Å².